The molecule has 53 heavy (non-hydrogen) atoms. The smallest absolute Gasteiger partial charge is 0.355 e. The summed E-state index contributed by atoms with van der Waals surface area (Å²) in [5.41, 5.74) is -1.15. The second-order valence-corrected chi connectivity index (χ2v) is 14.3. The minimum atomic E-state index is -5.24. The Hall–Kier alpha value is -5.30. The van der Waals surface area contributed by atoms with Crippen molar-refractivity contribution in [2.24, 2.45) is 0 Å². The number of fused-ring (bicyclic) bond motifs is 1. The van der Waals surface area contributed by atoms with Crippen LogP contribution in [0.2, 0.25) is 0 Å². The maximum atomic E-state index is 16.0. The second kappa shape index (κ2) is 13.9. The summed E-state index contributed by atoms with van der Waals surface area (Å²) in [5, 5.41) is 10.4. The predicted octanol–water partition coefficient (Wildman–Crippen LogP) is 6.02. The van der Waals surface area contributed by atoms with Gasteiger partial charge in [-0.25, -0.2) is 49.1 Å². The summed E-state index contributed by atoms with van der Waals surface area (Å²) in [7, 11) is -5.24. The number of hydrogen-bond acceptors (Lipinski definition) is 9. The van der Waals surface area contributed by atoms with Crippen molar-refractivity contribution in [3.8, 4) is 28.4 Å². The zero-order chi connectivity index (χ0) is 38.7. The first kappa shape index (κ1) is 37.5. The Balaban J connectivity index is 1.52. The average Bonchev–Trinajstić information content (AvgIpc) is 3.10. The SMILES string of the molecule is Cc1ccnc(C(C)C)c1-n1c(=O)nc(N2CCN(S(=O)(=O)c3c(F)c(F)c(F)c(F)c3OCF)C[C@@H]2C)c2cc(F)c(-c3c(O)cccc3F)nc21. The van der Waals surface area contributed by atoms with Crippen LogP contribution in [0.1, 0.15) is 37.9 Å². The first-order valence-corrected chi connectivity index (χ1v) is 17.3. The van der Waals surface area contributed by atoms with Crippen LogP contribution >= 0.6 is 0 Å². The molecule has 0 unspecified atom stereocenters. The first-order chi connectivity index (χ1) is 25.0. The van der Waals surface area contributed by atoms with E-state index in [4.69, 9.17) is 0 Å². The standard InChI is InChI=1S/C34H29F7N6O5S/c1-15(2)27-29(16(3)8-9-42-27)47-33-18(12-20(37)28(43-33)22-19(36)6-5-7-21(22)48)32(44-34(47)49)46-11-10-45(13-17(46)4)53(50,51)31-26(41)24(39)23(38)25(40)30(31)52-14-35/h5-9,12,15,17,48H,10-11,13-14H2,1-4H3/t17-/m0/s1. The minimum Gasteiger partial charge on any atom is -0.507 e. The van der Waals surface area contributed by atoms with Gasteiger partial charge in [0.25, 0.3) is 0 Å². The molecule has 1 aliphatic heterocycles. The molecule has 1 aliphatic rings. The Morgan fingerprint density at radius 3 is 2.32 bits per heavy atom. The molecule has 19 heteroatoms. The van der Waals surface area contributed by atoms with E-state index < -0.39 is 104 Å². The molecule has 1 fully saturated rings. The van der Waals surface area contributed by atoms with Crippen LogP contribution < -0.4 is 15.3 Å². The number of aromatic nitrogens is 4. The van der Waals surface area contributed by atoms with E-state index in [1.807, 2.05) is 13.8 Å². The third-order valence-corrected chi connectivity index (χ3v) is 10.7. The number of anilines is 1. The van der Waals surface area contributed by atoms with E-state index in [0.29, 0.717) is 15.6 Å². The number of phenolic OH excluding ortho intramolecular Hbond substituents is 1. The van der Waals surface area contributed by atoms with E-state index in [9.17, 15) is 40.3 Å². The molecule has 4 heterocycles. The van der Waals surface area contributed by atoms with Crippen molar-refractivity contribution >= 4 is 26.9 Å². The predicted molar refractivity (Wildman–Crippen MR) is 177 cm³/mol. The van der Waals surface area contributed by atoms with Crippen LogP contribution in [0.3, 0.4) is 0 Å². The van der Waals surface area contributed by atoms with Gasteiger partial charge in [-0.3, -0.25) is 4.98 Å². The molecule has 0 radical (unpaired) electrons. The fourth-order valence-electron chi connectivity index (χ4n) is 6.32. The first-order valence-electron chi connectivity index (χ1n) is 15.9. The van der Waals surface area contributed by atoms with Crippen LogP contribution in [-0.2, 0) is 10.0 Å². The number of rotatable bonds is 8. The fraction of sp³-hybridized carbons (Fsp3) is 0.294. The molecule has 0 amide bonds. The number of sulfonamides is 1. The second-order valence-electron chi connectivity index (χ2n) is 12.5. The molecule has 1 saturated heterocycles. The molecule has 0 bridgehead atoms. The topological polar surface area (TPSA) is 131 Å². The lowest BCUT2D eigenvalue weighted by atomic mass is 10.0. The maximum absolute atomic E-state index is 16.0. The van der Waals surface area contributed by atoms with Gasteiger partial charge in [-0.1, -0.05) is 19.9 Å². The van der Waals surface area contributed by atoms with E-state index >= 15 is 8.78 Å². The molecule has 3 aromatic heterocycles. The largest absolute Gasteiger partial charge is 0.507 e. The summed E-state index contributed by atoms with van der Waals surface area (Å²) in [6.45, 7) is 3.38. The third kappa shape index (κ3) is 6.20. The van der Waals surface area contributed by atoms with Gasteiger partial charge in [0.2, 0.25) is 28.5 Å². The number of benzene rings is 2. The molecule has 11 nitrogen and oxygen atoms in total. The molecule has 0 aliphatic carbocycles. The molecule has 0 saturated carbocycles. The highest BCUT2D eigenvalue weighted by Crippen LogP contribution is 2.39. The molecule has 280 valence electrons. The van der Waals surface area contributed by atoms with E-state index in [0.717, 1.165) is 22.8 Å². The Morgan fingerprint density at radius 1 is 0.981 bits per heavy atom. The summed E-state index contributed by atoms with van der Waals surface area (Å²) < 4.78 is 135. The fourth-order valence-corrected chi connectivity index (χ4v) is 8.02. The number of aryl methyl sites for hydroxylation is 1. The normalized spacial score (nSPS) is 15.5. The lowest BCUT2D eigenvalue weighted by Crippen LogP contribution is -2.54. The summed E-state index contributed by atoms with van der Waals surface area (Å²) >= 11 is 0. The van der Waals surface area contributed by atoms with Crippen LogP contribution in [0.15, 0.2) is 46.2 Å². The quantitative estimate of drug-likeness (QED) is 0.115. The van der Waals surface area contributed by atoms with Crippen molar-refractivity contribution < 1.29 is 49.0 Å². The van der Waals surface area contributed by atoms with E-state index in [-0.39, 0.29) is 35.0 Å². The van der Waals surface area contributed by atoms with Gasteiger partial charge in [0.1, 0.15) is 23.1 Å². The minimum absolute atomic E-state index is 0.102. The number of phenols is 1. The molecule has 1 atom stereocenters. The van der Waals surface area contributed by atoms with Crippen molar-refractivity contribution in [3.05, 3.63) is 93.2 Å². The Labute approximate surface area is 297 Å². The molecule has 0 spiro atoms. The van der Waals surface area contributed by atoms with Gasteiger partial charge in [0.15, 0.2) is 33.7 Å². The van der Waals surface area contributed by atoms with Gasteiger partial charge < -0.3 is 14.7 Å². The van der Waals surface area contributed by atoms with Crippen LogP contribution in [0.5, 0.6) is 11.5 Å². The van der Waals surface area contributed by atoms with Crippen molar-refractivity contribution in [3.63, 3.8) is 0 Å². The van der Waals surface area contributed by atoms with Gasteiger partial charge in [-0.05, 0) is 49.6 Å². The Kier molecular flexibility index (Phi) is 9.84. The Morgan fingerprint density at radius 2 is 1.68 bits per heavy atom. The van der Waals surface area contributed by atoms with Gasteiger partial charge in [0.05, 0.1) is 22.3 Å². The lowest BCUT2D eigenvalue weighted by Gasteiger charge is -2.40. The summed E-state index contributed by atoms with van der Waals surface area (Å²) in [6.07, 6.45) is 1.53. The van der Waals surface area contributed by atoms with Crippen molar-refractivity contribution in [2.45, 2.75) is 44.6 Å². The van der Waals surface area contributed by atoms with Gasteiger partial charge in [-0.2, -0.15) is 13.7 Å². The summed E-state index contributed by atoms with van der Waals surface area (Å²) in [4.78, 5) is 26.8. The monoisotopic (exact) mass is 766 g/mol. The zero-order valence-electron chi connectivity index (χ0n) is 28.3. The van der Waals surface area contributed by atoms with Crippen molar-refractivity contribution in [1.82, 2.24) is 23.8 Å². The number of pyridine rings is 2. The maximum Gasteiger partial charge on any atom is 0.355 e. The molecule has 1 N–H and O–H groups in total. The Bertz CT molecular complexity index is 2450. The average molecular weight is 767 g/mol. The number of alkyl halides is 1. The van der Waals surface area contributed by atoms with E-state index in [2.05, 4.69) is 19.7 Å². The van der Waals surface area contributed by atoms with Crippen molar-refractivity contribution in [2.75, 3.05) is 31.4 Å². The van der Waals surface area contributed by atoms with Crippen LogP contribution in [-0.4, -0.2) is 69.9 Å². The van der Waals surface area contributed by atoms with Crippen LogP contribution in [0, 0.1) is 41.8 Å². The van der Waals surface area contributed by atoms with E-state index in [1.54, 1.807) is 13.0 Å². The number of piperazine rings is 1. The number of ether oxygens (including phenoxy) is 1. The lowest BCUT2D eigenvalue weighted by molar-refractivity contribution is 0.173. The summed E-state index contributed by atoms with van der Waals surface area (Å²) in [6, 6.07) is 4.87. The highest BCUT2D eigenvalue weighted by atomic mass is 32.2. The zero-order valence-corrected chi connectivity index (χ0v) is 29.1. The van der Waals surface area contributed by atoms with Crippen LogP contribution in [0.4, 0.5) is 36.6 Å². The number of halogens is 7. The molecular formula is C34H29F7N6O5S. The van der Waals surface area contributed by atoms with Gasteiger partial charge in [-0.15, -0.1) is 0 Å². The van der Waals surface area contributed by atoms with Crippen molar-refractivity contribution in [1.29, 1.82) is 0 Å². The van der Waals surface area contributed by atoms with Gasteiger partial charge in [0, 0.05) is 31.9 Å². The molecule has 2 aromatic carbocycles. The highest BCUT2D eigenvalue weighted by Gasteiger charge is 2.41. The van der Waals surface area contributed by atoms with Gasteiger partial charge >= 0.3 is 5.69 Å². The highest BCUT2D eigenvalue weighted by molar-refractivity contribution is 7.89. The summed E-state index contributed by atoms with van der Waals surface area (Å²) in [5.74, 6) is -14.4. The molecule has 6 rings (SSSR count). The number of hydrogen-bond donors (Lipinski definition) is 1. The van der Waals surface area contributed by atoms with Crippen LogP contribution in [0.25, 0.3) is 28.0 Å². The van der Waals surface area contributed by atoms with E-state index in [1.165, 1.54) is 24.1 Å². The number of nitrogens with zero attached hydrogens (tertiary/aromatic N) is 6. The molecular weight excluding hydrogens is 737 g/mol. The number of aromatic hydroxyl groups is 1. The molecule has 5 aromatic rings. The third-order valence-electron chi connectivity index (χ3n) is 8.80.